The summed E-state index contributed by atoms with van der Waals surface area (Å²) in [5, 5.41) is 4.18. The highest BCUT2D eigenvalue weighted by Gasteiger charge is 2.25. The number of aryl methyl sites for hydroxylation is 1. The number of hydrogen-bond acceptors (Lipinski definition) is 3. The summed E-state index contributed by atoms with van der Waals surface area (Å²) in [6, 6.07) is 1.89. The molecular formula is C10H16N4O. The van der Waals surface area contributed by atoms with Gasteiger partial charge in [0.2, 0.25) is 0 Å². The van der Waals surface area contributed by atoms with Crippen LogP contribution in [0.5, 0.6) is 0 Å². The SMILES string of the molecule is CCn1ccc(C(=O)N2CC[C@H](N)C2)n1. The van der Waals surface area contributed by atoms with E-state index in [1.165, 1.54) is 0 Å². The normalized spacial score (nSPS) is 20.9. The lowest BCUT2D eigenvalue weighted by Crippen LogP contribution is -2.32. The second-order valence-electron chi connectivity index (χ2n) is 3.86. The lowest BCUT2D eigenvalue weighted by atomic mass is 10.3. The van der Waals surface area contributed by atoms with Gasteiger partial charge in [0.25, 0.3) is 5.91 Å². The third-order valence-corrected chi connectivity index (χ3v) is 2.70. The third-order valence-electron chi connectivity index (χ3n) is 2.70. The summed E-state index contributed by atoms with van der Waals surface area (Å²) in [7, 11) is 0. The zero-order valence-corrected chi connectivity index (χ0v) is 8.89. The summed E-state index contributed by atoms with van der Waals surface area (Å²) in [4.78, 5) is 13.7. The first-order valence-electron chi connectivity index (χ1n) is 5.29. The Morgan fingerprint density at radius 3 is 3.07 bits per heavy atom. The van der Waals surface area contributed by atoms with Gasteiger partial charge in [0.1, 0.15) is 5.69 Å². The molecule has 0 unspecified atom stereocenters. The van der Waals surface area contributed by atoms with E-state index < -0.39 is 0 Å². The van der Waals surface area contributed by atoms with Gasteiger partial charge < -0.3 is 10.6 Å². The minimum Gasteiger partial charge on any atom is -0.336 e. The number of likely N-dealkylation sites (tertiary alicyclic amines) is 1. The van der Waals surface area contributed by atoms with Crippen molar-refractivity contribution >= 4 is 5.91 Å². The quantitative estimate of drug-likeness (QED) is 0.748. The van der Waals surface area contributed by atoms with Gasteiger partial charge in [-0.3, -0.25) is 9.48 Å². The van der Waals surface area contributed by atoms with Crippen molar-refractivity contribution in [3.8, 4) is 0 Å². The van der Waals surface area contributed by atoms with Crippen molar-refractivity contribution < 1.29 is 4.79 Å². The highest BCUT2D eigenvalue weighted by molar-refractivity contribution is 5.92. The fourth-order valence-corrected chi connectivity index (χ4v) is 1.79. The van der Waals surface area contributed by atoms with Crippen molar-refractivity contribution in [1.29, 1.82) is 0 Å². The standard InChI is InChI=1S/C10H16N4O/c1-2-14-6-4-9(12-14)10(15)13-5-3-8(11)7-13/h4,6,8H,2-3,5,7,11H2,1H3/t8-/m0/s1. The van der Waals surface area contributed by atoms with Crippen LogP contribution < -0.4 is 5.73 Å². The summed E-state index contributed by atoms with van der Waals surface area (Å²) in [6.07, 6.45) is 2.71. The Kier molecular flexibility index (Phi) is 2.73. The Morgan fingerprint density at radius 2 is 2.53 bits per heavy atom. The van der Waals surface area contributed by atoms with Gasteiger partial charge in [0, 0.05) is 31.9 Å². The molecule has 5 nitrogen and oxygen atoms in total. The van der Waals surface area contributed by atoms with Gasteiger partial charge >= 0.3 is 0 Å². The molecule has 82 valence electrons. The van der Waals surface area contributed by atoms with Crippen molar-refractivity contribution in [3.05, 3.63) is 18.0 Å². The Hall–Kier alpha value is -1.36. The van der Waals surface area contributed by atoms with Crippen LogP contribution >= 0.6 is 0 Å². The zero-order valence-electron chi connectivity index (χ0n) is 8.89. The van der Waals surface area contributed by atoms with Crippen molar-refractivity contribution in [3.63, 3.8) is 0 Å². The van der Waals surface area contributed by atoms with Crippen molar-refractivity contribution in [2.75, 3.05) is 13.1 Å². The first-order chi connectivity index (χ1) is 7.20. The van der Waals surface area contributed by atoms with Gasteiger partial charge in [-0.2, -0.15) is 5.10 Å². The van der Waals surface area contributed by atoms with Crippen LogP contribution in [0.4, 0.5) is 0 Å². The highest BCUT2D eigenvalue weighted by Crippen LogP contribution is 2.10. The number of nitrogens with two attached hydrogens (primary N) is 1. The monoisotopic (exact) mass is 208 g/mol. The molecule has 1 aliphatic heterocycles. The molecule has 0 aromatic carbocycles. The second-order valence-corrected chi connectivity index (χ2v) is 3.86. The number of aromatic nitrogens is 2. The summed E-state index contributed by atoms with van der Waals surface area (Å²) in [5.74, 6) is -0.00449. The predicted octanol–water partition coefficient (Wildman–Crippen LogP) is 0.0762. The summed E-state index contributed by atoms with van der Waals surface area (Å²) in [5.41, 5.74) is 6.27. The summed E-state index contributed by atoms with van der Waals surface area (Å²) in [6.45, 7) is 4.18. The molecule has 1 aromatic rings. The first kappa shape index (κ1) is 10.2. The molecule has 1 aromatic heterocycles. The summed E-state index contributed by atoms with van der Waals surface area (Å²) < 4.78 is 1.75. The second kappa shape index (κ2) is 4.02. The van der Waals surface area contributed by atoms with Gasteiger partial charge in [-0.25, -0.2) is 0 Å². The molecule has 1 aliphatic rings. The number of amides is 1. The molecule has 1 amide bonds. The smallest absolute Gasteiger partial charge is 0.274 e. The Bertz CT molecular complexity index is 360. The van der Waals surface area contributed by atoms with Crippen LogP contribution in [-0.4, -0.2) is 39.7 Å². The molecule has 2 heterocycles. The number of nitrogens with zero attached hydrogens (tertiary/aromatic N) is 3. The first-order valence-corrected chi connectivity index (χ1v) is 5.29. The Balaban J connectivity index is 2.07. The van der Waals surface area contributed by atoms with Gasteiger partial charge in [-0.15, -0.1) is 0 Å². The van der Waals surface area contributed by atoms with Crippen LogP contribution in [0, 0.1) is 0 Å². The van der Waals surface area contributed by atoms with E-state index in [4.69, 9.17) is 5.73 Å². The molecule has 0 saturated carbocycles. The van der Waals surface area contributed by atoms with E-state index in [1.807, 2.05) is 13.1 Å². The maximum absolute atomic E-state index is 11.9. The van der Waals surface area contributed by atoms with E-state index >= 15 is 0 Å². The largest absolute Gasteiger partial charge is 0.336 e. The van der Waals surface area contributed by atoms with E-state index in [2.05, 4.69) is 5.10 Å². The molecule has 1 atom stereocenters. The van der Waals surface area contributed by atoms with Crippen LogP contribution in [0.3, 0.4) is 0 Å². The molecule has 0 spiro atoms. The molecule has 5 heteroatoms. The molecule has 0 aliphatic carbocycles. The topological polar surface area (TPSA) is 64.2 Å². The number of hydrogen-bond donors (Lipinski definition) is 1. The van der Waals surface area contributed by atoms with Gasteiger partial charge in [-0.1, -0.05) is 0 Å². The molecule has 1 fully saturated rings. The Labute approximate surface area is 88.8 Å². The molecular weight excluding hydrogens is 192 g/mol. The molecule has 2 N–H and O–H groups in total. The van der Waals surface area contributed by atoms with Gasteiger partial charge in [0.05, 0.1) is 0 Å². The highest BCUT2D eigenvalue weighted by atomic mass is 16.2. The lowest BCUT2D eigenvalue weighted by molar-refractivity contribution is 0.0784. The third kappa shape index (κ3) is 2.02. The van der Waals surface area contributed by atoms with E-state index in [-0.39, 0.29) is 11.9 Å². The maximum Gasteiger partial charge on any atom is 0.274 e. The fourth-order valence-electron chi connectivity index (χ4n) is 1.79. The van der Waals surface area contributed by atoms with Crippen molar-refractivity contribution in [2.24, 2.45) is 5.73 Å². The van der Waals surface area contributed by atoms with E-state index in [0.29, 0.717) is 12.2 Å². The minimum absolute atomic E-state index is 0.00449. The van der Waals surface area contributed by atoms with Crippen LogP contribution in [-0.2, 0) is 6.54 Å². The average Bonchev–Trinajstić information content (AvgIpc) is 2.84. The molecule has 2 rings (SSSR count). The average molecular weight is 208 g/mol. The molecule has 15 heavy (non-hydrogen) atoms. The van der Waals surface area contributed by atoms with E-state index in [9.17, 15) is 4.79 Å². The van der Waals surface area contributed by atoms with Crippen molar-refractivity contribution in [1.82, 2.24) is 14.7 Å². The number of rotatable bonds is 2. The van der Waals surface area contributed by atoms with Gasteiger partial charge in [-0.05, 0) is 19.4 Å². The van der Waals surface area contributed by atoms with Gasteiger partial charge in [0.15, 0.2) is 0 Å². The van der Waals surface area contributed by atoms with Crippen LogP contribution in [0.15, 0.2) is 12.3 Å². The van der Waals surface area contributed by atoms with Crippen LogP contribution in [0.2, 0.25) is 0 Å². The molecule has 0 radical (unpaired) electrons. The van der Waals surface area contributed by atoms with Crippen LogP contribution in [0.1, 0.15) is 23.8 Å². The zero-order chi connectivity index (χ0) is 10.8. The molecule has 1 saturated heterocycles. The maximum atomic E-state index is 11.9. The van der Waals surface area contributed by atoms with Crippen LogP contribution in [0.25, 0.3) is 0 Å². The lowest BCUT2D eigenvalue weighted by Gasteiger charge is -2.13. The Morgan fingerprint density at radius 1 is 1.73 bits per heavy atom. The number of carbonyl (C=O) groups is 1. The molecule has 0 bridgehead atoms. The summed E-state index contributed by atoms with van der Waals surface area (Å²) >= 11 is 0. The fraction of sp³-hybridized carbons (Fsp3) is 0.600. The number of carbonyl (C=O) groups excluding carboxylic acids is 1. The van der Waals surface area contributed by atoms with E-state index in [1.54, 1.807) is 15.6 Å². The minimum atomic E-state index is -0.00449. The van der Waals surface area contributed by atoms with E-state index in [0.717, 1.165) is 19.5 Å². The van der Waals surface area contributed by atoms with Crippen molar-refractivity contribution in [2.45, 2.75) is 25.9 Å². The predicted molar refractivity (Wildman–Crippen MR) is 56.4 cm³/mol.